The highest BCUT2D eigenvalue weighted by Crippen LogP contribution is 2.30. The smallest absolute Gasteiger partial charge is 0.223 e. The fraction of sp³-hybridized carbons (Fsp3) is 0.348. The van der Waals surface area contributed by atoms with Gasteiger partial charge in [-0.25, -0.2) is 9.97 Å². The summed E-state index contributed by atoms with van der Waals surface area (Å²) in [5.41, 5.74) is 1.46. The monoisotopic (exact) mass is 483 g/mol. The van der Waals surface area contributed by atoms with Crippen LogP contribution in [0.25, 0.3) is 11.5 Å². The van der Waals surface area contributed by atoms with Crippen molar-refractivity contribution in [1.29, 1.82) is 0 Å². The van der Waals surface area contributed by atoms with E-state index in [0.29, 0.717) is 47.2 Å². The van der Waals surface area contributed by atoms with Gasteiger partial charge in [-0.3, -0.25) is 0 Å². The van der Waals surface area contributed by atoms with Crippen molar-refractivity contribution in [3.05, 3.63) is 48.9 Å². The average Bonchev–Trinajstić information content (AvgIpc) is 3.60. The summed E-state index contributed by atoms with van der Waals surface area (Å²) >= 11 is 5.52. The quantitative estimate of drug-likeness (QED) is 0.431. The van der Waals surface area contributed by atoms with Gasteiger partial charge >= 0.3 is 0 Å². The summed E-state index contributed by atoms with van der Waals surface area (Å²) < 4.78 is 28.1. The molecule has 34 heavy (non-hydrogen) atoms. The van der Waals surface area contributed by atoms with Gasteiger partial charge < -0.3 is 39.3 Å². The summed E-state index contributed by atoms with van der Waals surface area (Å²) in [5.74, 6) is 2.51. The Hall–Kier alpha value is -3.41. The van der Waals surface area contributed by atoms with Gasteiger partial charge in [0.15, 0.2) is 10.9 Å². The summed E-state index contributed by atoms with van der Waals surface area (Å²) in [5, 5.41) is 10.3. The van der Waals surface area contributed by atoms with Gasteiger partial charge in [-0.05, 0) is 30.4 Å². The Balaban J connectivity index is 1.19. The third kappa shape index (κ3) is 4.76. The minimum absolute atomic E-state index is 0.0900. The van der Waals surface area contributed by atoms with E-state index in [9.17, 15) is 0 Å². The normalized spacial score (nSPS) is 23.2. The number of nitrogens with one attached hydrogen (secondary N) is 3. The van der Waals surface area contributed by atoms with Crippen molar-refractivity contribution in [2.24, 2.45) is 0 Å². The van der Waals surface area contributed by atoms with Crippen LogP contribution in [-0.2, 0) is 9.47 Å². The van der Waals surface area contributed by atoms with Gasteiger partial charge in [0.1, 0.15) is 29.4 Å². The molecule has 3 aromatic rings. The summed E-state index contributed by atoms with van der Waals surface area (Å²) in [7, 11) is 3.20. The number of benzene rings is 1. The minimum atomic E-state index is -0.162. The highest BCUT2D eigenvalue weighted by atomic mass is 32.1. The third-order valence-electron chi connectivity index (χ3n) is 5.72. The number of thiocarbonyl (C=S) groups is 1. The van der Waals surface area contributed by atoms with Crippen molar-refractivity contribution in [3.63, 3.8) is 0 Å². The molecule has 10 nitrogen and oxygen atoms in total. The molecule has 2 aliphatic heterocycles. The molecule has 4 heterocycles. The molecule has 0 aliphatic carbocycles. The van der Waals surface area contributed by atoms with E-state index in [2.05, 4.69) is 25.9 Å². The predicted molar refractivity (Wildman–Crippen MR) is 129 cm³/mol. The standard InChI is InChI=1S/C23H25N5O5S/c1-29-14-8-13(9-15(10-14)30-2)25-23(34)28-18-12-33-20-17(11-32-21(18)20)27-22-24-6-5-16(26-22)19-4-3-7-31-19/h3-10,17-18,20-21H,11-12H2,1-2H3,(H,24,26,27)(H2,25,28,34). The lowest BCUT2D eigenvalue weighted by atomic mass is 10.1. The number of hydrogen-bond acceptors (Lipinski definition) is 9. The van der Waals surface area contributed by atoms with Crippen LogP contribution in [-0.4, -0.2) is 66.8 Å². The van der Waals surface area contributed by atoms with Gasteiger partial charge in [0, 0.05) is 30.1 Å². The van der Waals surface area contributed by atoms with Crippen LogP contribution in [0.1, 0.15) is 0 Å². The molecule has 4 atom stereocenters. The van der Waals surface area contributed by atoms with Crippen molar-refractivity contribution in [2.45, 2.75) is 24.3 Å². The number of ether oxygens (including phenoxy) is 4. The molecule has 2 fully saturated rings. The van der Waals surface area contributed by atoms with Crippen LogP contribution in [0, 0.1) is 0 Å². The first-order chi connectivity index (χ1) is 16.6. The molecule has 0 amide bonds. The zero-order chi connectivity index (χ0) is 23.5. The van der Waals surface area contributed by atoms with E-state index in [-0.39, 0.29) is 24.3 Å². The van der Waals surface area contributed by atoms with Crippen molar-refractivity contribution in [1.82, 2.24) is 15.3 Å². The van der Waals surface area contributed by atoms with E-state index < -0.39 is 0 Å². The van der Waals surface area contributed by atoms with Crippen LogP contribution in [0.15, 0.2) is 53.3 Å². The van der Waals surface area contributed by atoms with Gasteiger partial charge in [-0.1, -0.05) is 0 Å². The molecule has 0 saturated carbocycles. The van der Waals surface area contributed by atoms with Gasteiger partial charge in [0.2, 0.25) is 5.95 Å². The van der Waals surface area contributed by atoms with E-state index in [0.717, 1.165) is 5.69 Å². The van der Waals surface area contributed by atoms with E-state index in [1.54, 1.807) is 38.8 Å². The Morgan fingerprint density at radius 3 is 2.47 bits per heavy atom. The Kier molecular flexibility index (Phi) is 6.48. The van der Waals surface area contributed by atoms with Crippen LogP contribution in [0.5, 0.6) is 11.5 Å². The van der Waals surface area contributed by atoms with Gasteiger partial charge in [-0.2, -0.15) is 0 Å². The topological polar surface area (TPSA) is 112 Å². The van der Waals surface area contributed by atoms with Gasteiger partial charge in [-0.15, -0.1) is 0 Å². The summed E-state index contributed by atoms with van der Waals surface area (Å²) in [6.07, 6.45) is 2.99. The number of nitrogens with zero attached hydrogens (tertiary/aromatic N) is 2. The second kappa shape index (κ2) is 9.84. The summed E-state index contributed by atoms with van der Waals surface area (Å²) in [6.45, 7) is 0.930. The molecule has 178 valence electrons. The van der Waals surface area contributed by atoms with Crippen LogP contribution >= 0.6 is 12.2 Å². The van der Waals surface area contributed by atoms with Crippen molar-refractivity contribution in [2.75, 3.05) is 38.1 Å². The molecule has 4 unspecified atom stereocenters. The molecule has 1 aromatic carbocycles. The first-order valence-corrected chi connectivity index (χ1v) is 11.2. The first kappa shape index (κ1) is 22.4. The fourth-order valence-corrected chi connectivity index (χ4v) is 4.39. The summed E-state index contributed by atoms with van der Waals surface area (Å²) in [4.78, 5) is 8.87. The number of rotatable bonds is 7. The Morgan fingerprint density at radius 1 is 1.03 bits per heavy atom. The number of fused-ring (bicyclic) bond motifs is 1. The first-order valence-electron chi connectivity index (χ1n) is 10.8. The van der Waals surface area contributed by atoms with Crippen molar-refractivity contribution < 1.29 is 23.4 Å². The van der Waals surface area contributed by atoms with Crippen LogP contribution < -0.4 is 25.4 Å². The zero-order valence-corrected chi connectivity index (χ0v) is 19.5. The molecule has 0 radical (unpaired) electrons. The molecule has 2 aromatic heterocycles. The average molecular weight is 484 g/mol. The fourth-order valence-electron chi connectivity index (χ4n) is 4.12. The minimum Gasteiger partial charge on any atom is -0.497 e. The molecule has 5 rings (SSSR count). The second-order valence-corrected chi connectivity index (χ2v) is 8.30. The van der Waals surface area contributed by atoms with E-state index in [1.807, 2.05) is 24.3 Å². The number of hydrogen-bond donors (Lipinski definition) is 3. The molecule has 3 N–H and O–H groups in total. The van der Waals surface area contributed by atoms with Gasteiger partial charge in [0.05, 0.1) is 45.8 Å². The van der Waals surface area contributed by atoms with E-state index in [4.69, 9.17) is 35.6 Å². The lowest BCUT2D eigenvalue weighted by Crippen LogP contribution is -2.46. The Labute approximate surface area is 202 Å². The zero-order valence-electron chi connectivity index (χ0n) is 18.7. The van der Waals surface area contributed by atoms with E-state index >= 15 is 0 Å². The lowest BCUT2D eigenvalue weighted by molar-refractivity contribution is 0.0689. The lowest BCUT2D eigenvalue weighted by Gasteiger charge is -2.20. The molecule has 0 bridgehead atoms. The Bertz CT molecular complexity index is 1120. The SMILES string of the molecule is COc1cc(NC(=S)NC2COC3C(Nc4nccc(-c5ccco5)n4)COC23)cc(OC)c1. The highest BCUT2D eigenvalue weighted by molar-refractivity contribution is 7.80. The third-order valence-corrected chi connectivity index (χ3v) is 5.94. The van der Waals surface area contributed by atoms with Crippen molar-refractivity contribution in [3.8, 4) is 23.0 Å². The van der Waals surface area contributed by atoms with Crippen molar-refractivity contribution >= 4 is 29.0 Å². The van der Waals surface area contributed by atoms with Gasteiger partial charge in [0.25, 0.3) is 0 Å². The molecule has 2 saturated heterocycles. The largest absolute Gasteiger partial charge is 0.497 e. The van der Waals surface area contributed by atoms with Crippen LogP contribution in [0.2, 0.25) is 0 Å². The maximum atomic E-state index is 6.05. The molecule has 0 spiro atoms. The number of aromatic nitrogens is 2. The highest BCUT2D eigenvalue weighted by Gasteiger charge is 2.48. The molecule has 2 aliphatic rings. The summed E-state index contributed by atoms with van der Waals surface area (Å²) in [6, 6.07) is 10.8. The van der Waals surface area contributed by atoms with E-state index in [1.165, 1.54) is 0 Å². The molecule has 11 heteroatoms. The number of anilines is 2. The number of furan rings is 1. The van der Waals surface area contributed by atoms with Crippen LogP contribution in [0.4, 0.5) is 11.6 Å². The molecular formula is C23H25N5O5S. The molecular weight excluding hydrogens is 458 g/mol. The Morgan fingerprint density at radius 2 is 1.76 bits per heavy atom. The predicted octanol–water partition coefficient (Wildman–Crippen LogP) is 2.69. The van der Waals surface area contributed by atoms with Crippen LogP contribution in [0.3, 0.4) is 0 Å². The maximum Gasteiger partial charge on any atom is 0.223 e. The second-order valence-electron chi connectivity index (χ2n) is 7.90. The maximum absolute atomic E-state index is 6.05. The number of methoxy groups -OCH3 is 2.